The summed E-state index contributed by atoms with van der Waals surface area (Å²) in [5.74, 6) is -1.35. The predicted molar refractivity (Wildman–Crippen MR) is 80.6 cm³/mol. The van der Waals surface area contributed by atoms with E-state index >= 15 is 0 Å². The molecule has 1 aromatic heterocycles. The second kappa shape index (κ2) is 6.65. The molecule has 2 N–H and O–H groups in total. The third kappa shape index (κ3) is 4.14. The molecule has 0 spiro atoms. The molecule has 0 radical (unpaired) electrons. The van der Waals surface area contributed by atoms with Crippen molar-refractivity contribution in [2.75, 3.05) is 5.32 Å². The summed E-state index contributed by atoms with van der Waals surface area (Å²) in [5.41, 5.74) is 3.64. The van der Waals surface area contributed by atoms with E-state index < -0.39 is 11.8 Å². The normalized spacial score (nSPS) is 10.0. The van der Waals surface area contributed by atoms with E-state index in [9.17, 15) is 9.59 Å². The van der Waals surface area contributed by atoms with Gasteiger partial charge in [-0.1, -0.05) is 12.1 Å². The van der Waals surface area contributed by atoms with E-state index in [1.807, 2.05) is 32.0 Å². The van der Waals surface area contributed by atoms with Gasteiger partial charge in [-0.25, -0.2) is 0 Å². The summed E-state index contributed by atoms with van der Waals surface area (Å²) in [5, 5.41) is 5.13. The SMILES string of the molecule is Cc1ccc(NC(=O)C(=O)NCc2cccnc2)cc1C. The number of anilines is 1. The minimum atomic E-state index is -0.679. The summed E-state index contributed by atoms with van der Waals surface area (Å²) in [6.45, 7) is 4.21. The molecule has 0 aliphatic heterocycles. The number of aromatic nitrogens is 1. The van der Waals surface area contributed by atoms with Gasteiger partial charge < -0.3 is 10.6 Å². The van der Waals surface area contributed by atoms with Crippen LogP contribution in [-0.4, -0.2) is 16.8 Å². The van der Waals surface area contributed by atoms with E-state index in [0.717, 1.165) is 16.7 Å². The van der Waals surface area contributed by atoms with Crippen molar-refractivity contribution in [3.63, 3.8) is 0 Å². The number of aryl methyl sites for hydroxylation is 2. The molecule has 0 atom stereocenters. The Kier molecular flexibility index (Phi) is 4.66. The highest BCUT2D eigenvalue weighted by molar-refractivity contribution is 6.39. The maximum atomic E-state index is 11.8. The number of benzene rings is 1. The second-order valence-corrected chi connectivity index (χ2v) is 4.80. The van der Waals surface area contributed by atoms with Crippen molar-refractivity contribution < 1.29 is 9.59 Å². The predicted octanol–water partition coefficient (Wildman–Crippen LogP) is 1.95. The van der Waals surface area contributed by atoms with Gasteiger partial charge >= 0.3 is 11.8 Å². The van der Waals surface area contributed by atoms with Crippen molar-refractivity contribution in [3.05, 3.63) is 59.4 Å². The third-order valence-electron chi connectivity index (χ3n) is 3.15. The fourth-order valence-corrected chi connectivity index (χ4v) is 1.77. The molecule has 0 unspecified atom stereocenters. The molecular weight excluding hydrogens is 266 g/mol. The smallest absolute Gasteiger partial charge is 0.313 e. The van der Waals surface area contributed by atoms with Crippen molar-refractivity contribution >= 4 is 17.5 Å². The zero-order valence-corrected chi connectivity index (χ0v) is 12.0. The average molecular weight is 283 g/mol. The van der Waals surface area contributed by atoms with Gasteiger partial charge in [0.1, 0.15) is 0 Å². The molecule has 2 rings (SSSR count). The number of nitrogens with zero attached hydrogens (tertiary/aromatic N) is 1. The Morgan fingerprint density at radius 2 is 1.90 bits per heavy atom. The zero-order valence-electron chi connectivity index (χ0n) is 12.0. The number of hydrogen-bond donors (Lipinski definition) is 2. The van der Waals surface area contributed by atoms with E-state index in [4.69, 9.17) is 0 Å². The molecule has 108 valence electrons. The number of pyridine rings is 1. The Bertz CT molecular complexity index is 654. The molecule has 0 aliphatic carbocycles. The van der Waals surface area contributed by atoms with Gasteiger partial charge in [0.2, 0.25) is 0 Å². The molecule has 0 saturated heterocycles. The maximum Gasteiger partial charge on any atom is 0.313 e. The summed E-state index contributed by atoms with van der Waals surface area (Å²) >= 11 is 0. The standard InChI is InChI=1S/C16H17N3O2/c1-11-5-6-14(8-12(11)2)19-16(21)15(20)18-10-13-4-3-7-17-9-13/h3-9H,10H2,1-2H3,(H,18,20)(H,19,21). The van der Waals surface area contributed by atoms with Crippen LogP contribution in [0.3, 0.4) is 0 Å². The molecule has 0 saturated carbocycles. The first-order valence-electron chi connectivity index (χ1n) is 6.61. The van der Waals surface area contributed by atoms with Gasteiger partial charge in [-0.15, -0.1) is 0 Å². The van der Waals surface area contributed by atoms with Crippen LogP contribution in [-0.2, 0) is 16.1 Å². The van der Waals surface area contributed by atoms with E-state index in [-0.39, 0.29) is 6.54 Å². The lowest BCUT2D eigenvalue weighted by Crippen LogP contribution is -2.35. The van der Waals surface area contributed by atoms with Crippen molar-refractivity contribution in [1.29, 1.82) is 0 Å². The highest BCUT2D eigenvalue weighted by Crippen LogP contribution is 2.13. The van der Waals surface area contributed by atoms with Crippen molar-refractivity contribution in [1.82, 2.24) is 10.3 Å². The van der Waals surface area contributed by atoms with Gasteiger partial charge in [0.25, 0.3) is 0 Å². The minimum absolute atomic E-state index is 0.271. The first-order chi connectivity index (χ1) is 10.1. The Balaban J connectivity index is 1.90. The molecule has 1 aromatic carbocycles. The van der Waals surface area contributed by atoms with Crippen LogP contribution < -0.4 is 10.6 Å². The molecule has 2 amide bonds. The van der Waals surface area contributed by atoms with Gasteiger partial charge in [0.15, 0.2) is 0 Å². The van der Waals surface area contributed by atoms with Gasteiger partial charge in [0, 0.05) is 24.6 Å². The summed E-state index contributed by atoms with van der Waals surface area (Å²) in [6, 6.07) is 9.11. The number of rotatable bonds is 3. The fourth-order valence-electron chi connectivity index (χ4n) is 1.77. The summed E-state index contributed by atoms with van der Waals surface area (Å²) in [7, 11) is 0. The number of carbonyl (C=O) groups excluding carboxylic acids is 2. The fraction of sp³-hybridized carbons (Fsp3) is 0.188. The number of carbonyl (C=O) groups is 2. The molecule has 1 heterocycles. The highest BCUT2D eigenvalue weighted by atomic mass is 16.2. The molecule has 0 fully saturated rings. The van der Waals surface area contributed by atoms with Crippen LogP contribution in [0.1, 0.15) is 16.7 Å². The van der Waals surface area contributed by atoms with Gasteiger partial charge in [-0.3, -0.25) is 14.6 Å². The van der Waals surface area contributed by atoms with Gasteiger partial charge in [-0.05, 0) is 48.7 Å². The number of hydrogen-bond acceptors (Lipinski definition) is 3. The lowest BCUT2D eigenvalue weighted by molar-refractivity contribution is -0.136. The van der Waals surface area contributed by atoms with Crippen molar-refractivity contribution in [2.45, 2.75) is 20.4 Å². The molecule has 5 nitrogen and oxygen atoms in total. The topological polar surface area (TPSA) is 71.1 Å². The third-order valence-corrected chi connectivity index (χ3v) is 3.15. The van der Waals surface area contributed by atoms with Gasteiger partial charge in [-0.2, -0.15) is 0 Å². The average Bonchev–Trinajstić information content (AvgIpc) is 2.49. The largest absolute Gasteiger partial charge is 0.344 e. The lowest BCUT2D eigenvalue weighted by Gasteiger charge is -2.08. The van der Waals surface area contributed by atoms with Crippen LogP contribution in [0, 0.1) is 13.8 Å². The molecule has 0 aliphatic rings. The Labute approximate surface area is 123 Å². The van der Waals surface area contributed by atoms with E-state index in [1.165, 1.54) is 0 Å². The number of nitrogens with one attached hydrogen (secondary N) is 2. The van der Waals surface area contributed by atoms with Crippen molar-refractivity contribution in [3.8, 4) is 0 Å². The van der Waals surface area contributed by atoms with Crippen LogP contribution in [0.25, 0.3) is 0 Å². The van der Waals surface area contributed by atoms with E-state index in [1.54, 1.807) is 24.5 Å². The van der Waals surface area contributed by atoms with E-state index in [0.29, 0.717) is 5.69 Å². The molecule has 0 bridgehead atoms. The summed E-state index contributed by atoms with van der Waals surface area (Å²) in [6.07, 6.45) is 3.29. The summed E-state index contributed by atoms with van der Waals surface area (Å²) in [4.78, 5) is 27.5. The lowest BCUT2D eigenvalue weighted by atomic mass is 10.1. The minimum Gasteiger partial charge on any atom is -0.344 e. The van der Waals surface area contributed by atoms with E-state index in [2.05, 4.69) is 15.6 Å². The van der Waals surface area contributed by atoms with Crippen LogP contribution >= 0.6 is 0 Å². The molecule has 5 heteroatoms. The first-order valence-corrected chi connectivity index (χ1v) is 6.61. The molecular formula is C16H17N3O2. The van der Waals surface area contributed by atoms with Crippen LogP contribution in [0.5, 0.6) is 0 Å². The monoisotopic (exact) mass is 283 g/mol. The second-order valence-electron chi connectivity index (χ2n) is 4.80. The molecule has 2 aromatic rings. The Morgan fingerprint density at radius 3 is 2.57 bits per heavy atom. The van der Waals surface area contributed by atoms with Crippen LogP contribution in [0.4, 0.5) is 5.69 Å². The zero-order chi connectivity index (χ0) is 15.2. The quantitative estimate of drug-likeness (QED) is 0.846. The summed E-state index contributed by atoms with van der Waals surface area (Å²) < 4.78 is 0. The van der Waals surface area contributed by atoms with Crippen LogP contribution in [0.15, 0.2) is 42.7 Å². The highest BCUT2D eigenvalue weighted by Gasteiger charge is 2.13. The maximum absolute atomic E-state index is 11.8. The Morgan fingerprint density at radius 1 is 1.10 bits per heavy atom. The molecule has 21 heavy (non-hydrogen) atoms. The van der Waals surface area contributed by atoms with Crippen molar-refractivity contribution in [2.24, 2.45) is 0 Å². The first kappa shape index (κ1) is 14.7. The number of amides is 2. The Hall–Kier alpha value is -2.69. The van der Waals surface area contributed by atoms with Crippen LogP contribution in [0.2, 0.25) is 0 Å². The van der Waals surface area contributed by atoms with Gasteiger partial charge in [0.05, 0.1) is 0 Å².